The van der Waals surface area contributed by atoms with E-state index in [4.69, 9.17) is 11.6 Å². The second kappa shape index (κ2) is 2.32. The van der Waals surface area contributed by atoms with Crippen LogP contribution in [0.3, 0.4) is 0 Å². The normalized spacial score (nSPS) is 53.4. The van der Waals surface area contributed by atoms with E-state index in [1.54, 1.807) is 0 Å². The van der Waals surface area contributed by atoms with Crippen molar-refractivity contribution in [3.05, 3.63) is 11.6 Å². The van der Waals surface area contributed by atoms with Gasteiger partial charge in [-0.3, -0.25) is 0 Å². The summed E-state index contributed by atoms with van der Waals surface area (Å²) < 4.78 is 0. The molecule has 3 aliphatic carbocycles. The molecule has 2 fully saturated rings. The van der Waals surface area contributed by atoms with Crippen LogP contribution in [-0.2, 0) is 0 Å². The SMILES string of the molecule is O[C@@]12C=C3CCCC[C@]3(CC1)[C@H]2Cl. The number of alkyl halides is 1. The first-order chi connectivity index (χ1) is 6.17. The first-order valence-electron chi connectivity index (χ1n) is 5.26. The number of halogens is 1. The van der Waals surface area contributed by atoms with Gasteiger partial charge in [0, 0.05) is 5.41 Å². The summed E-state index contributed by atoms with van der Waals surface area (Å²) in [6, 6.07) is 0. The summed E-state index contributed by atoms with van der Waals surface area (Å²) in [5.41, 5.74) is 1.02. The highest BCUT2D eigenvalue weighted by Gasteiger charge is 2.61. The Hall–Kier alpha value is -0.0100. The molecule has 72 valence electrons. The van der Waals surface area contributed by atoms with Gasteiger partial charge in [0.05, 0.1) is 5.38 Å². The molecule has 0 radical (unpaired) electrons. The fourth-order valence-corrected chi connectivity index (χ4v) is 4.09. The van der Waals surface area contributed by atoms with Crippen LogP contribution in [0.5, 0.6) is 0 Å². The zero-order chi connectivity index (χ0) is 9.10. The quantitative estimate of drug-likeness (QED) is 0.469. The summed E-state index contributed by atoms with van der Waals surface area (Å²) in [6.07, 6.45) is 9.02. The number of hydrogen-bond donors (Lipinski definition) is 1. The summed E-state index contributed by atoms with van der Waals surface area (Å²) in [4.78, 5) is 0. The number of aliphatic hydroxyl groups is 1. The molecular formula is C11H15ClO. The Morgan fingerprint density at radius 1 is 1.31 bits per heavy atom. The summed E-state index contributed by atoms with van der Waals surface area (Å²) in [6.45, 7) is 0. The van der Waals surface area contributed by atoms with Gasteiger partial charge in [-0.05, 0) is 32.1 Å². The van der Waals surface area contributed by atoms with E-state index in [2.05, 4.69) is 6.08 Å². The van der Waals surface area contributed by atoms with Gasteiger partial charge in [-0.2, -0.15) is 0 Å². The summed E-state index contributed by atoms with van der Waals surface area (Å²) in [7, 11) is 0. The lowest BCUT2D eigenvalue weighted by molar-refractivity contribution is 0.102. The van der Waals surface area contributed by atoms with Crippen molar-refractivity contribution in [1.29, 1.82) is 0 Å². The minimum atomic E-state index is -0.652. The van der Waals surface area contributed by atoms with Crippen LogP contribution in [0.1, 0.15) is 38.5 Å². The van der Waals surface area contributed by atoms with Gasteiger partial charge < -0.3 is 5.11 Å². The fraction of sp³-hybridized carbons (Fsp3) is 0.818. The van der Waals surface area contributed by atoms with Crippen molar-refractivity contribution in [3.8, 4) is 0 Å². The smallest absolute Gasteiger partial charge is 0.100 e. The molecule has 0 aromatic heterocycles. The van der Waals surface area contributed by atoms with Gasteiger partial charge in [-0.25, -0.2) is 0 Å². The zero-order valence-corrected chi connectivity index (χ0v) is 8.48. The second-order valence-electron chi connectivity index (χ2n) is 4.89. The largest absolute Gasteiger partial charge is 0.384 e. The molecule has 3 atom stereocenters. The Morgan fingerprint density at radius 3 is 2.85 bits per heavy atom. The van der Waals surface area contributed by atoms with Gasteiger partial charge in [0.25, 0.3) is 0 Å². The minimum Gasteiger partial charge on any atom is -0.384 e. The van der Waals surface area contributed by atoms with Crippen molar-refractivity contribution >= 4 is 11.6 Å². The average Bonchev–Trinajstić information content (AvgIpc) is 2.50. The van der Waals surface area contributed by atoms with Gasteiger partial charge in [0.1, 0.15) is 5.60 Å². The van der Waals surface area contributed by atoms with E-state index in [-0.39, 0.29) is 10.8 Å². The van der Waals surface area contributed by atoms with Gasteiger partial charge in [-0.15, -0.1) is 11.6 Å². The van der Waals surface area contributed by atoms with Crippen LogP contribution >= 0.6 is 11.6 Å². The Kier molecular flexibility index (Phi) is 1.48. The Balaban J connectivity index is 2.09. The maximum Gasteiger partial charge on any atom is 0.100 e. The molecule has 0 saturated heterocycles. The second-order valence-corrected chi connectivity index (χ2v) is 5.32. The number of fused-ring (bicyclic) bond motifs is 1. The summed E-state index contributed by atoms with van der Waals surface area (Å²) >= 11 is 6.38. The number of rotatable bonds is 0. The van der Waals surface area contributed by atoms with Crippen molar-refractivity contribution in [2.75, 3.05) is 0 Å². The zero-order valence-electron chi connectivity index (χ0n) is 7.72. The molecule has 3 aliphatic rings. The lowest BCUT2D eigenvalue weighted by Gasteiger charge is -2.36. The van der Waals surface area contributed by atoms with Crippen molar-refractivity contribution in [2.24, 2.45) is 5.41 Å². The van der Waals surface area contributed by atoms with E-state index >= 15 is 0 Å². The molecule has 0 heterocycles. The van der Waals surface area contributed by atoms with Crippen LogP contribution in [-0.4, -0.2) is 16.1 Å². The topological polar surface area (TPSA) is 20.2 Å². The number of allylic oxidation sites excluding steroid dienone is 1. The predicted octanol–water partition coefficient (Wildman–Crippen LogP) is 2.62. The van der Waals surface area contributed by atoms with Crippen LogP contribution in [0.25, 0.3) is 0 Å². The number of hydrogen-bond acceptors (Lipinski definition) is 1. The van der Waals surface area contributed by atoms with Gasteiger partial charge in [-0.1, -0.05) is 18.1 Å². The van der Waals surface area contributed by atoms with Crippen LogP contribution < -0.4 is 0 Å². The van der Waals surface area contributed by atoms with Gasteiger partial charge >= 0.3 is 0 Å². The van der Waals surface area contributed by atoms with Crippen LogP contribution in [0.2, 0.25) is 0 Å². The molecule has 3 rings (SSSR count). The highest BCUT2D eigenvalue weighted by atomic mass is 35.5. The molecule has 0 aromatic carbocycles. The average molecular weight is 199 g/mol. The Bertz CT molecular complexity index is 282. The van der Waals surface area contributed by atoms with E-state index in [1.807, 2.05) is 0 Å². The third-order valence-electron chi connectivity index (χ3n) is 4.28. The van der Waals surface area contributed by atoms with E-state index < -0.39 is 5.60 Å². The highest BCUT2D eigenvalue weighted by Crippen LogP contribution is 2.63. The van der Waals surface area contributed by atoms with E-state index in [1.165, 1.54) is 31.3 Å². The molecule has 1 N–H and O–H groups in total. The van der Waals surface area contributed by atoms with Crippen molar-refractivity contribution < 1.29 is 5.11 Å². The van der Waals surface area contributed by atoms with Crippen molar-refractivity contribution in [3.63, 3.8) is 0 Å². The third kappa shape index (κ3) is 0.829. The molecule has 13 heavy (non-hydrogen) atoms. The maximum absolute atomic E-state index is 10.2. The van der Waals surface area contributed by atoms with Crippen LogP contribution in [0.15, 0.2) is 11.6 Å². The van der Waals surface area contributed by atoms with E-state index in [0.29, 0.717) is 0 Å². The van der Waals surface area contributed by atoms with Crippen molar-refractivity contribution in [1.82, 2.24) is 0 Å². The molecule has 0 amide bonds. The summed E-state index contributed by atoms with van der Waals surface area (Å²) in [5.74, 6) is 0. The standard InChI is InChI=1S/C11H15ClO/c12-9-10-4-2-1-3-8(10)7-11(9,13)6-5-10/h7,9,13H,1-6H2/t9-,10-,11-/m1/s1. The first-order valence-corrected chi connectivity index (χ1v) is 5.70. The van der Waals surface area contributed by atoms with Crippen LogP contribution in [0, 0.1) is 5.41 Å². The molecule has 1 spiro atoms. The monoisotopic (exact) mass is 198 g/mol. The molecule has 2 bridgehead atoms. The Morgan fingerprint density at radius 2 is 2.15 bits per heavy atom. The third-order valence-corrected chi connectivity index (χ3v) is 5.07. The van der Waals surface area contributed by atoms with E-state index in [9.17, 15) is 5.11 Å². The van der Waals surface area contributed by atoms with Crippen LogP contribution in [0.4, 0.5) is 0 Å². The van der Waals surface area contributed by atoms with Gasteiger partial charge in [0.2, 0.25) is 0 Å². The minimum absolute atomic E-state index is 0.0321. The first kappa shape index (κ1) is 8.31. The molecular weight excluding hydrogens is 184 g/mol. The molecule has 0 unspecified atom stereocenters. The fourth-order valence-electron chi connectivity index (χ4n) is 3.56. The lowest BCUT2D eigenvalue weighted by Crippen LogP contribution is -2.35. The molecule has 0 aromatic rings. The van der Waals surface area contributed by atoms with E-state index in [0.717, 1.165) is 12.8 Å². The lowest BCUT2D eigenvalue weighted by atomic mass is 9.70. The molecule has 2 saturated carbocycles. The molecule has 1 nitrogen and oxygen atoms in total. The summed E-state index contributed by atoms with van der Waals surface area (Å²) in [5, 5.41) is 10.2. The highest BCUT2D eigenvalue weighted by molar-refractivity contribution is 6.23. The van der Waals surface area contributed by atoms with Gasteiger partial charge in [0.15, 0.2) is 0 Å². The van der Waals surface area contributed by atoms with Crippen molar-refractivity contribution in [2.45, 2.75) is 49.5 Å². The molecule has 2 heteroatoms. The Labute approximate surface area is 83.8 Å². The predicted molar refractivity (Wildman–Crippen MR) is 52.8 cm³/mol. The molecule has 0 aliphatic heterocycles. The maximum atomic E-state index is 10.2.